The molecular weight excluding hydrogens is 198 g/mol. The molecule has 0 radical (unpaired) electrons. The van der Waals surface area contributed by atoms with Crippen molar-refractivity contribution in [1.29, 1.82) is 0 Å². The van der Waals surface area contributed by atoms with Crippen molar-refractivity contribution in [3.63, 3.8) is 0 Å². The van der Waals surface area contributed by atoms with Crippen molar-refractivity contribution in [2.24, 2.45) is 0 Å². The van der Waals surface area contributed by atoms with Crippen LogP contribution in [0.5, 0.6) is 0 Å². The van der Waals surface area contributed by atoms with Crippen LogP contribution in [-0.2, 0) is 0 Å². The summed E-state index contributed by atoms with van der Waals surface area (Å²) in [5, 5.41) is 0. The van der Waals surface area contributed by atoms with Gasteiger partial charge in [0.15, 0.2) is 11.7 Å². The normalized spacial score (nSPS) is 12.7. The number of aryl methyl sites for hydroxylation is 1. The van der Waals surface area contributed by atoms with Crippen LogP contribution >= 0.6 is 0 Å². The number of nitrogens with zero attached hydrogens (tertiary/aromatic N) is 1. The third-order valence-electron chi connectivity index (χ3n) is 2.89. The second kappa shape index (κ2) is 4.52. The largest absolute Gasteiger partial charge is 0.440 e. The van der Waals surface area contributed by atoms with Crippen molar-refractivity contribution in [1.82, 2.24) is 4.98 Å². The number of oxazole rings is 1. The van der Waals surface area contributed by atoms with Gasteiger partial charge in [-0.1, -0.05) is 43.7 Å². The molecule has 1 aromatic carbocycles. The molecule has 0 spiro atoms. The summed E-state index contributed by atoms with van der Waals surface area (Å²) in [6.45, 7) is 6.35. The molecule has 0 aliphatic rings. The van der Waals surface area contributed by atoms with Crippen LogP contribution in [0.4, 0.5) is 0 Å². The van der Waals surface area contributed by atoms with Crippen molar-refractivity contribution >= 4 is 0 Å². The van der Waals surface area contributed by atoms with E-state index < -0.39 is 0 Å². The molecule has 0 aliphatic carbocycles. The Balaban J connectivity index is 2.28. The van der Waals surface area contributed by atoms with Gasteiger partial charge in [0.05, 0.1) is 6.20 Å². The average Bonchev–Trinajstić information content (AvgIpc) is 2.78. The lowest BCUT2D eigenvalue weighted by Gasteiger charge is -2.01. The SMILES string of the molecule is CCC(C)c1ncc(-c2ccc(C)cc2)o1. The molecule has 0 fully saturated rings. The minimum atomic E-state index is 0.388. The molecule has 0 saturated carbocycles. The molecule has 0 N–H and O–H groups in total. The van der Waals surface area contributed by atoms with Gasteiger partial charge in [0.2, 0.25) is 0 Å². The first-order valence-electron chi connectivity index (χ1n) is 5.73. The van der Waals surface area contributed by atoms with E-state index >= 15 is 0 Å². The van der Waals surface area contributed by atoms with Crippen LogP contribution in [-0.4, -0.2) is 4.98 Å². The second-order valence-corrected chi connectivity index (χ2v) is 4.24. The quantitative estimate of drug-likeness (QED) is 0.768. The number of rotatable bonds is 3. The molecule has 1 atom stereocenters. The Morgan fingerprint density at radius 2 is 1.94 bits per heavy atom. The fourth-order valence-corrected chi connectivity index (χ4v) is 1.54. The molecule has 0 saturated heterocycles. The van der Waals surface area contributed by atoms with Gasteiger partial charge >= 0.3 is 0 Å². The summed E-state index contributed by atoms with van der Waals surface area (Å²) in [6, 6.07) is 8.30. The van der Waals surface area contributed by atoms with Crippen LogP contribution in [0.3, 0.4) is 0 Å². The molecular formula is C14H17NO. The van der Waals surface area contributed by atoms with Crippen LogP contribution in [0.15, 0.2) is 34.9 Å². The van der Waals surface area contributed by atoms with E-state index in [1.165, 1.54) is 5.56 Å². The van der Waals surface area contributed by atoms with Gasteiger partial charge in [0.1, 0.15) is 0 Å². The van der Waals surface area contributed by atoms with Crippen LogP contribution in [0.25, 0.3) is 11.3 Å². The Bertz CT molecular complexity index is 456. The lowest BCUT2D eigenvalue weighted by molar-refractivity contribution is 0.462. The number of benzene rings is 1. The molecule has 1 aromatic heterocycles. The summed E-state index contributed by atoms with van der Waals surface area (Å²) in [5.41, 5.74) is 2.35. The smallest absolute Gasteiger partial charge is 0.197 e. The zero-order valence-corrected chi connectivity index (χ0v) is 10.0. The summed E-state index contributed by atoms with van der Waals surface area (Å²) in [5.74, 6) is 2.08. The molecule has 2 aromatic rings. The predicted molar refractivity (Wildman–Crippen MR) is 65.4 cm³/mol. The topological polar surface area (TPSA) is 26.0 Å². The molecule has 16 heavy (non-hydrogen) atoms. The summed E-state index contributed by atoms with van der Waals surface area (Å²) in [4.78, 5) is 4.32. The van der Waals surface area contributed by atoms with Crippen molar-refractivity contribution < 1.29 is 4.42 Å². The number of aromatic nitrogens is 1. The van der Waals surface area contributed by atoms with E-state index in [0.29, 0.717) is 5.92 Å². The predicted octanol–water partition coefficient (Wildman–Crippen LogP) is 4.16. The van der Waals surface area contributed by atoms with Crippen LogP contribution < -0.4 is 0 Å². The maximum Gasteiger partial charge on any atom is 0.197 e. The highest BCUT2D eigenvalue weighted by Crippen LogP contribution is 2.25. The molecule has 2 nitrogen and oxygen atoms in total. The third-order valence-corrected chi connectivity index (χ3v) is 2.89. The molecule has 2 heteroatoms. The van der Waals surface area contributed by atoms with Gasteiger partial charge in [-0.05, 0) is 13.3 Å². The highest BCUT2D eigenvalue weighted by Gasteiger charge is 2.11. The first-order chi connectivity index (χ1) is 7.70. The highest BCUT2D eigenvalue weighted by molar-refractivity contribution is 5.56. The van der Waals surface area contributed by atoms with Gasteiger partial charge in [0, 0.05) is 11.5 Å². The second-order valence-electron chi connectivity index (χ2n) is 4.24. The van der Waals surface area contributed by atoms with E-state index in [4.69, 9.17) is 4.42 Å². The molecule has 2 rings (SSSR count). The van der Waals surface area contributed by atoms with Crippen molar-refractivity contribution in [2.45, 2.75) is 33.1 Å². The van der Waals surface area contributed by atoms with E-state index in [1.807, 2.05) is 6.20 Å². The van der Waals surface area contributed by atoms with Crippen molar-refractivity contribution in [3.05, 3.63) is 41.9 Å². The number of hydrogen-bond acceptors (Lipinski definition) is 2. The zero-order chi connectivity index (χ0) is 11.5. The summed E-state index contributed by atoms with van der Waals surface area (Å²) in [7, 11) is 0. The fourth-order valence-electron chi connectivity index (χ4n) is 1.54. The molecule has 0 amide bonds. The van der Waals surface area contributed by atoms with Gasteiger partial charge in [-0.15, -0.1) is 0 Å². The Morgan fingerprint density at radius 3 is 2.56 bits per heavy atom. The number of hydrogen-bond donors (Lipinski definition) is 0. The van der Waals surface area contributed by atoms with E-state index in [2.05, 4.69) is 50.0 Å². The fraction of sp³-hybridized carbons (Fsp3) is 0.357. The van der Waals surface area contributed by atoms with Gasteiger partial charge in [-0.3, -0.25) is 0 Å². The molecule has 1 heterocycles. The maximum atomic E-state index is 5.75. The first-order valence-corrected chi connectivity index (χ1v) is 5.73. The van der Waals surface area contributed by atoms with E-state index in [1.54, 1.807) is 0 Å². The Kier molecular flexibility index (Phi) is 3.09. The molecule has 1 unspecified atom stereocenters. The summed E-state index contributed by atoms with van der Waals surface area (Å²) in [6.07, 6.45) is 2.86. The Morgan fingerprint density at radius 1 is 1.25 bits per heavy atom. The van der Waals surface area contributed by atoms with Gasteiger partial charge in [0.25, 0.3) is 0 Å². The molecule has 0 bridgehead atoms. The van der Waals surface area contributed by atoms with Crippen LogP contribution in [0.1, 0.15) is 37.6 Å². The summed E-state index contributed by atoms with van der Waals surface area (Å²) >= 11 is 0. The Labute approximate surface area is 96.3 Å². The zero-order valence-electron chi connectivity index (χ0n) is 10.0. The summed E-state index contributed by atoms with van der Waals surface area (Å²) < 4.78 is 5.75. The minimum Gasteiger partial charge on any atom is -0.440 e. The standard InChI is InChI=1S/C14H17NO/c1-4-11(3)14-15-9-13(16-14)12-7-5-10(2)6-8-12/h5-9,11H,4H2,1-3H3. The van der Waals surface area contributed by atoms with E-state index in [0.717, 1.165) is 23.6 Å². The lowest BCUT2D eigenvalue weighted by Crippen LogP contribution is -1.89. The highest BCUT2D eigenvalue weighted by atomic mass is 16.4. The van der Waals surface area contributed by atoms with Gasteiger partial charge < -0.3 is 4.42 Å². The van der Waals surface area contributed by atoms with Crippen molar-refractivity contribution in [2.75, 3.05) is 0 Å². The third kappa shape index (κ3) is 2.16. The van der Waals surface area contributed by atoms with E-state index in [-0.39, 0.29) is 0 Å². The monoisotopic (exact) mass is 215 g/mol. The maximum absolute atomic E-state index is 5.75. The first kappa shape index (κ1) is 10.9. The van der Waals surface area contributed by atoms with Gasteiger partial charge in [-0.2, -0.15) is 0 Å². The van der Waals surface area contributed by atoms with Crippen molar-refractivity contribution in [3.8, 4) is 11.3 Å². The van der Waals surface area contributed by atoms with Gasteiger partial charge in [-0.25, -0.2) is 4.98 Å². The van der Waals surface area contributed by atoms with E-state index in [9.17, 15) is 0 Å². The minimum absolute atomic E-state index is 0.388. The van der Waals surface area contributed by atoms with Crippen LogP contribution in [0.2, 0.25) is 0 Å². The Hall–Kier alpha value is -1.57. The molecule has 0 aliphatic heterocycles. The average molecular weight is 215 g/mol. The lowest BCUT2D eigenvalue weighted by atomic mass is 10.1. The molecule has 84 valence electrons. The van der Waals surface area contributed by atoms with Crippen LogP contribution in [0, 0.1) is 6.92 Å².